The Balaban J connectivity index is 0.000000101. The molecule has 5 aromatic carbocycles. The molecule has 7 saturated heterocycles. The number of rotatable bonds is 15. The molecule has 0 radical (unpaired) electrons. The van der Waals surface area contributed by atoms with Crippen LogP contribution in [0.5, 0.6) is 0 Å². The maximum absolute atomic E-state index is 13.4. The van der Waals surface area contributed by atoms with Crippen LogP contribution >= 0.6 is 0 Å². The van der Waals surface area contributed by atoms with Crippen LogP contribution in [-0.4, -0.2) is 305 Å². The van der Waals surface area contributed by atoms with Crippen molar-refractivity contribution in [3.05, 3.63) is 272 Å². The SMILES string of the molecule is COC1CN(C(=O)c2cnc3ccc(-c4ccc5oc(C)nc5c4)cn23)C1.CO[C@@H]1CCN(C(=O)c2cnc3ccc(-c4ccc5oc(C)nc5c4)cn23)C1.CO[C@H]1CCN(C(=O)c2cnc3ccc(-c4ccc5oc(C)nc5c4)cn23)C1.Cc1nc2cc(-c3ccc4ncc(C(=O)N5CC[C@@H](N6CCOCC6)C5)n4c3)ccc2o1.Cc1nc2cc(-c3ccc4ncc(C(=O)N5CC[C@@H](N6CCOCC6)C5)n4c3)ccc2o1. The van der Waals surface area contributed by atoms with E-state index >= 15 is 0 Å². The van der Waals surface area contributed by atoms with Gasteiger partial charge in [0, 0.05) is 191 Å². The zero-order valence-electron chi connectivity index (χ0n) is 82.6. The van der Waals surface area contributed by atoms with Crippen molar-refractivity contribution < 1.29 is 69.7 Å². The van der Waals surface area contributed by atoms with Gasteiger partial charge in [0.15, 0.2) is 57.4 Å². The molecular formula is C110H108N22O15. The highest BCUT2D eigenvalue weighted by molar-refractivity contribution is 5.98. The molecule has 7 aliphatic rings. The maximum atomic E-state index is 13.4. The summed E-state index contributed by atoms with van der Waals surface area (Å²) in [7, 11) is 5.04. The minimum Gasteiger partial charge on any atom is -0.441 e. The molecule has 5 amide bonds. The summed E-state index contributed by atoms with van der Waals surface area (Å²) in [5, 5.41) is 0. The average molecular weight is 1980 g/mol. The number of ether oxygens (including phenoxy) is 5. The third-order valence-corrected chi connectivity index (χ3v) is 28.8. The number of hydrogen-bond acceptors (Lipinski definition) is 27. The summed E-state index contributed by atoms with van der Waals surface area (Å²) in [5.74, 6) is 3.22. The fraction of sp³-hybridized carbons (Fsp3) is 0.318. The Morgan fingerprint density at radius 3 is 0.735 bits per heavy atom. The largest absolute Gasteiger partial charge is 0.441 e. The summed E-state index contributed by atoms with van der Waals surface area (Å²) in [5.41, 5.74) is 24.6. The first-order chi connectivity index (χ1) is 71.7. The average Bonchev–Trinajstić information content (AvgIpc) is 1.65. The molecule has 0 saturated carbocycles. The van der Waals surface area contributed by atoms with Crippen molar-refractivity contribution in [3.8, 4) is 55.6 Å². The Labute approximate surface area is 841 Å². The molecule has 7 fully saturated rings. The number of oxazole rings is 5. The van der Waals surface area contributed by atoms with Crippen LogP contribution in [0, 0.1) is 34.6 Å². The second-order valence-electron chi connectivity index (χ2n) is 38.1. The summed E-state index contributed by atoms with van der Waals surface area (Å²) in [6.45, 7) is 23.0. The van der Waals surface area contributed by atoms with Crippen molar-refractivity contribution in [3.63, 3.8) is 0 Å². The molecule has 0 aliphatic carbocycles. The molecule has 0 N–H and O–H groups in total. The van der Waals surface area contributed by atoms with E-state index in [2.05, 4.69) is 59.6 Å². The van der Waals surface area contributed by atoms with Gasteiger partial charge in [-0.1, -0.05) is 30.3 Å². The van der Waals surface area contributed by atoms with Crippen molar-refractivity contribution >= 4 is 113 Å². The molecular weight excluding hydrogens is 1870 g/mol. The van der Waals surface area contributed by atoms with E-state index in [0.717, 1.165) is 244 Å². The standard InChI is InChI=1S/2C24H25N5O3.2C21H20N4O3.C20H18N4O3/c2*1-16-26-20-12-17(2-4-22(20)32-16)18-3-5-23-25-13-21(29(23)14-18)24(30)28-7-6-19(15-28)27-8-10-31-11-9-27;2*1-13-23-17-9-14(3-5-19(17)28-13)15-4-6-20-22-10-18(25(20)11-15)21(26)24-8-7-16(12-24)27-2;1-12-22-16-7-13(3-5-18(16)27-12)14-4-6-19-21-8-17(24(19)9-14)20(25)23-10-15(11-23)26-2/h2*2-5,12-14,19H,6-11,15H2,1H3;2*3-6,9-11,16H,7-8,12H2,1-2H3;3-9,15H,10-11H2,1-2H3/t2*19-;2*16-;/m1110./s1. The second-order valence-corrected chi connectivity index (χ2v) is 38.1. The second kappa shape index (κ2) is 40.2. The molecule has 4 atom stereocenters. The number of imidazole rings is 5. The number of carbonyl (C=O) groups excluding carboxylic acids is 5. The lowest BCUT2D eigenvalue weighted by atomic mass is 10.1. The highest BCUT2D eigenvalue weighted by atomic mass is 16.5. The van der Waals surface area contributed by atoms with Crippen LogP contribution in [0.4, 0.5) is 0 Å². The van der Waals surface area contributed by atoms with Gasteiger partial charge in [0.05, 0.1) is 75.7 Å². The lowest BCUT2D eigenvalue weighted by Gasteiger charge is -2.37. The van der Waals surface area contributed by atoms with Crippen LogP contribution in [0.15, 0.2) is 236 Å². The highest BCUT2D eigenvalue weighted by Crippen LogP contribution is 2.36. The zero-order chi connectivity index (χ0) is 100. The monoisotopic (exact) mass is 1980 g/mol. The molecule has 0 bridgehead atoms. The van der Waals surface area contributed by atoms with E-state index in [4.69, 9.17) is 45.8 Å². The van der Waals surface area contributed by atoms with E-state index in [-0.39, 0.29) is 47.8 Å². The molecule has 7 aliphatic heterocycles. The Morgan fingerprint density at radius 1 is 0.265 bits per heavy atom. The fourth-order valence-electron chi connectivity index (χ4n) is 20.8. The van der Waals surface area contributed by atoms with Gasteiger partial charge in [-0.15, -0.1) is 0 Å². The van der Waals surface area contributed by atoms with E-state index in [1.54, 1.807) is 57.2 Å². The van der Waals surface area contributed by atoms with E-state index in [0.29, 0.717) is 109 Å². The number of aromatic nitrogens is 15. The number of pyridine rings is 5. The predicted molar refractivity (Wildman–Crippen MR) is 547 cm³/mol. The lowest BCUT2D eigenvalue weighted by Crippen LogP contribution is -2.54. The van der Waals surface area contributed by atoms with Crippen LogP contribution in [0.1, 0.15) is 108 Å². The first-order valence-corrected chi connectivity index (χ1v) is 49.6. The number of hydrogen-bond donors (Lipinski definition) is 0. The normalized spacial score (nSPS) is 17.9. The molecule has 15 aromatic heterocycles. The number of morpholine rings is 2. The highest BCUT2D eigenvalue weighted by Gasteiger charge is 2.38. The van der Waals surface area contributed by atoms with Crippen molar-refractivity contribution in [2.75, 3.05) is 139 Å². The van der Waals surface area contributed by atoms with Gasteiger partial charge in [-0.2, -0.15) is 0 Å². The van der Waals surface area contributed by atoms with E-state index in [1.165, 1.54) is 0 Å². The molecule has 0 unspecified atom stereocenters. The fourth-order valence-corrected chi connectivity index (χ4v) is 20.8. The van der Waals surface area contributed by atoms with Gasteiger partial charge in [0.25, 0.3) is 29.5 Å². The molecule has 27 rings (SSSR count). The summed E-state index contributed by atoms with van der Waals surface area (Å²) < 4.78 is 64.1. The van der Waals surface area contributed by atoms with Crippen molar-refractivity contribution in [1.82, 2.24) is 106 Å². The Hall–Kier alpha value is -16.0. The van der Waals surface area contributed by atoms with Crippen molar-refractivity contribution in [1.29, 1.82) is 0 Å². The summed E-state index contributed by atoms with van der Waals surface area (Å²) in [4.78, 5) is 124. The number of nitrogens with zero attached hydrogens (tertiary/aromatic N) is 22. The van der Waals surface area contributed by atoms with Gasteiger partial charge in [0.2, 0.25) is 0 Å². The molecule has 147 heavy (non-hydrogen) atoms. The van der Waals surface area contributed by atoms with Gasteiger partial charge < -0.3 is 70.3 Å². The molecule has 37 nitrogen and oxygen atoms in total. The summed E-state index contributed by atoms with van der Waals surface area (Å²) >= 11 is 0. The van der Waals surface area contributed by atoms with Crippen LogP contribution < -0.4 is 0 Å². The van der Waals surface area contributed by atoms with Gasteiger partial charge in [-0.05, 0) is 203 Å². The number of methoxy groups -OCH3 is 3. The topological polar surface area (TPSA) is 371 Å². The smallest absolute Gasteiger partial charge is 0.272 e. The summed E-state index contributed by atoms with van der Waals surface area (Å²) in [6.07, 6.45) is 22.2. The van der Waals surface area contributed by atoms with Gasteiger partial charge >= 0.3 is 0 Å². The molecule has 20 aromatic rings. The van der Waals surface area contributed by atoms with Crippen LogP contribution in [0.25, 0.3) is 139 Å². The van der Waals surface area contributed by atoms with Crippen LogP contribution in [-0.2, 0) is 23.7 Å². The van der Waals surface area contributed by atoms with Gasteiger partial charge in [-0.25, -0.2) is 49.8 Å². The molecule has 37 heteroatoms. The first kappa shape index (κ1) is 94.5. The Bertz CT molecular complexity index is 8020. The first-order valence-electron chi connectivity index (χ1n) is 49.6. The van der Waals surface area contributed by atoms with E-state index < -0.39 is 0 Å². The molecule has 22 heterocycles. The number of aryl methyl sites for hydroxylation is 5. The van der Waals surface area contributed by atoms with Crippen LogP contribution in [0.2, 0.25) is 0 Å². The predicted octanol–water partition coefficient (Wildman–Crippen LogP) is 15.5. The number of amides is 5. The molecule has 0 spiro atoms. The summed E-state index contributed by atoms with van der Waals surface area (Å²) in [6, 6.07) is 50.2. The van der Waals surface area contributed by atoms with Gasteiger partial charge in [0.1, 0.15) is 84.3 Å². The lowest BCUT2D eigenvalue weighted by molar-refractivity contribution is -0.0195. The van der Waals surface area contributed by atoms with Crippen molar-refractivity contribution in [2.45, 2.75) is 90.7 Å². The quantitative estimate of drug-likeness (QED) is 0.0920. The number of carbonyl (C=O) groups is 5. The molecule has 748 valence electrons. The Kier molecular flexibility index (Phi) is 25.8. The number of benzene rings is 5. The third kappa shape index (κ3) is 19.2. The van der Waals surface area contributed by atoms with E-state index in [1.807, 2.05) is 259 Å². The Morgan fingerprint density at radius 2 is 0.490 bits per heavy atom. The number of fused-ring (bicyclic) bond motifs is 10. The minimum absolute atomic E-state index is 0.0215. The minimum atomic E-state index is -0.0319. The third-order valence-electron chi connectivity index (χ3n) is 28.8. The van der Waals surface area contributed by atoms with Gasteiger partial charge in [-0.3, -0.25) is 55.8 Å². The van der Waals surface area contributed by atoms with Crippen molar-refractivity contribution in [2.24, 2.45) is 0 Å². The van der Waals surface area contributed by atoms with E-state index in [9.17, 15) is 24.0 Å². The van der Waals surface area contributed by atoms with Crippen LogP contribution in [0.3, 0.4) is 0 Å². The zero-order valence-corrected chi connectivity index (χ0v) is 82.6. The maximum Gasteiger partial charge on any atom is 0.272 e. The number of likely N-dealkylation sites (tertiary alicyclic amines) is 5.